The van der Waals surface area contributed by atoms with Gasteiger partial charge in [0.05, 0.1) is 13.1 Å². The third-order valence-electron chi connectivity index (χ3n) is 2.70. The molecule has 0 saturated carbocycles. The quantitative estimate of drug-likeness (QED) is 0.560. The first kappa shape index (κ1) is 15.1. The van der Waals surface area contributed by atoms with Crippen LogP contribution in [-0.4, -0.2) is 33.6 Å². The van der Waals surface area contributed by atoms with Crippen LogP contribution in [0.4, 0.5) is 0 Å². The van der Waals surface area contributed by atoms with Crippen molar-refractivity contribution in [2.24, 2.45) is 0 Å². The number of hydrogen-bond donors (Lipinski definition) is 0. The summed E-state index contributed by atoms with van der Waals surface area (Å²) in [5, 5.41) is 19.2. The summed E-state index contributed by atoms with van der Waals surface area (Å²) in [6.45, 7) is 4.19. The van der Waals surface area contributed by atoms with Crippen LogP contribution in [0.3, 0.4) is 0 Å². The van der Waals surface area contributed by atoms with Gasteiger partial charge in [-0.1, -0.05) is 17.8 Å². The molecule has 7 heteroatoms. The molecule has 21 heavy (non-hydrogen) atoms. The van der Waals surface area contributed by atoms with E-state index in [1.807, 2.05) is 28.8 Å². The molecule has 2 rings (SSSR count). The molecule has 1 aromatic heterocycles. The fraction of sp³-hybridized carbons (Fsp3) is 0.214. The number of carbonyl (C=O) groups is 1. The normalized spacial score (nSPS) is 10.3. The van der Waals surface area contributed by atoms with Crippen molar-refractivity contribution in [3.05, 3.63) is 36.9 Å². The third-order valence-corrected chi connectivity index (χ3v) is 3.64. The Morgan fingerprint density at radius 3 is 2.71 bits per heavy atom. The Labute approximate surface area is 126 Å². The van der Waals surface area contributed by atoms with Gasteiger partial charge in [0.1, 0.15) is 5.75 Å². The molecular weight excluding hydrogens is 290 g/mol. The van der Waals surface area contributed by atoms with Crippen molar-refractivity contribution in [1.29, 1.82) is 0 Å². The highest BCUT2D eigenvalue weighted by molar-refractivity contribution is 7.99. The predicted molar refractivity (Wildman–Crippen MR) is 77.9 cm³/mol. The highest BCUT2D eigenvalue weighted by Crippen LogP contribution is 2.25. The van der Waals surface area contributed by atoms with Gasteiger partial charge in [-0.05, 0) is 24.3 Å². The van der Waals surface area contributed by atoms with Crippen molar-refractivity contribution in [2.75, 3.05) is 12.9 Å². The van der Waals surface area contributed by atoms with E-state index < -0.39 is 5.97 Å². The van der Waals surface area contributed by atoms with Gasteiger partial charge < -0.3 is 14.6 Å². The number of nitrogens with zero attached hydrogens (tertiary/aromatic N) is 3. The number of carboxylic acids is 1. The number of rotatable bonds is 7. The van der Waals surface area contributed by atoms with Gasteiger partial charge in [0.25, 0.3) is 0 Å². The Kier molecular flexibility index (Phi) is 4.99. The van der Waals surface area contributed by atoms with Crippen molar-refractivity contribution >= 4 is 17.7 Å². The first-order chi connectivity index (χ1) is 10.2. The second-order valence-electron chi connectivity index (χ2n) is 4.09. The molecule has 0 amide bonds. The number of ether oxygens (including phenoxy) is 1. The molecule has 0 aliphatic rings. The lowest BCUT2D eigenvalue weighted by atomic mass is 10.2. The molecule has 2 aromatic rings. The maximum absolute atomic E-state index is 10.6. The fourth-order valence-corrected chi connectivity index (χ4v) is 2.43. The van der Waals surface area contributed by atoms with Crippen LogP contribution >= 0.6 is 11.8 Å². The second-order valence-corrected chi connectivity index (χ2v) is 5.04. The summed E-state index contributed by atoms with van der Waals surface area (Å²) in [5.74, 6) is 0.0929. The minimum absolute atomic E-state index is 0.169. The van der Waals surface area contributed by atoms with E-state index in [0.29, 0.717) is 17.5 Å². The standard InChI is InChI=1S/C14H15N3O3S/c1-3-8-17-13(10-4-6-11(20-2)7-5-10)15-16-14(17)21-9-12(18)19/h3-7H,1,8-9H2,2H3,(H,18,19)/p-1. The van der Waals surface area contributed by atoms with E-state index in [1.165, 1.54) is 0 Å². The zero-order chi connectivity index (χ0) is 15.2. The number of allylic oxidation sites excluding steroid dienone is 1. The molecule has 0 spiro atoms. The maximum atomic E-state index is 10.6. The lowest BCUT2D eigenvalue weighted by Gasteiger charge is -2.08. The van der Waals surface area contributed by atoms with Crippen molar-refractivity contribution in [3.8, 4) is 17.1 Å². The molecule has 0 fully saturated rings. The van der Waals surface area contributed by atoms with Gasteiger partial charge in [-0.2, -0.15) is 0 Å². The highest BCUT2D eigenvalue weighted by atomic mass is 32.2. The van der Waals surface area contributed by atoms with Crippen LogP contribution in [0.1, 0.15) is 0 Å². The summed E-state index contributed by atoms with van der Waals surface area (Å²) in [5.41, 5.74) is 0.866. The van der Waals surface area contributed by atoms with Gasteiger partial charge in [-0.15, -0.1) is 16.8 Å². The predicted octanol–water partition coefficient (Wildman–Crippen LogP) is 0.982. The van der Waals surface area contributed by atoms with Crippen LogP contribution in [0.15, 0.2) is 42.1 Å². The summed E-state index contributed by atoms with van der Waals surface area (Å²) in [6, 6.07) is 7.40. The summed E-state index contributed by atoms with van der Waals surface area (Å²) in [6.07, 6.45) is 1.71. The molecule has 0 N–H and O–H groups in total. The van der Waals surface area contributed by atoms with Gasteiger partial charge in [0.2, 0.25) is 0 Å². The number of aromatic nitrogens is 3. The molecule has 0 aliphatic carbocycles. The summed E-state index contributed by atoms with van der Waals surface area (Å²) < 4.78 is 6.93. The monoisotopic (exact) mass is 304 g/mol. The maximum Gasteiger partial charge on any atom is 0.192 e. The molecule has 6 nitrogen and oxygen atoms in total. The lowest BCUT2D eigenvalue weighted by molar-refractivity contribution is -0.301. The minimum Gasteiger partial charge on any atom is -0.549 e. The van der Waals surface area contributed by atoms with E-state index in [-0.39, 0.29) is 5.75 Å². The molecule has 0 radical (unpaired) electrons. The van der Waals surface area contributed by atoms with Crippen LogP contribution in [0.2, 0.25) is 0 Å². The Hall–Kier alpha value is -2.28. The molecule has 110 valence electrons. The van der Waals surface area contributed by atoms with Gasteiger partial charge in [-0.3, -0.25) is 4.57 Å². The molecule has 0 unspecified atom stereocenters. The highest BCUT2D eigenvalue weighted by Gasteiger charge is 2.13. The number of aliphatic carboxylic acids is 1. The SMILES string of the molecule is C=CCn1c(SCC(=O)[O-])nnc1-c1ccc(OC)cc1. The van der Waals surface area contributed by atoms with E-state index >= 15 is 0 Å². The zero-order valence-corrected chi connectivity index (χ0v) is 12.3. The van der Waals surface area contributed by atoms with Crippen LogP contribution in [-0.2, 0) is 11.3 Å². The topological polar surface area (TPSA) is 80.1 Å². The van der Waals surface area contributed by atoms with Crippen LogP contribution in [0.5, 0.6) is 5.75 Å². The number of hydrogen-bond acceptors (Lipinski definition) is 6. The first-order valence-corrected chi connectivity index (χ1v) is 7.15. The Bertz CT molecular complexity index is 637. The Morgan fingerprint density at radius 1 is 1.43 bits per heavy atom. The molecule has 0 bridgehead atoms. The third kappa shape index (κ3) is 3.63. The van der Waals surface area contributed by atoms with E-state index in [0.717, 1.165) is 23.1 Å². The number of thioether (sulfide) groups is 1. The minimum atomic E-state index is -1.14. The van der Waals surface area contributed by atoms with Gasteiger partial charge in [0.15, 0.2) is 11.0 Å². The molecule has 1 aromatic carbocycles. The zero-order valence-electron chi connectivity index (χ0n) is 11.5. The summed E-state index contributed by atoms with van der Waals surface area (Å²) in [7, 11) is 1.60. The van der Waals surface area contributed by atoms with Gasteiger partial charge in [-0.25, -0.2) is 0 Å². The van der Waals surface area contributed by atoms with Crippen LogP contribution < -0.4 is 9.84 Å². The Morgan fingerprint density at radius 2 is 2.14 bits per heavy atom. The Balaban J connectivity index is 2.33. The average molecular weight is 304 g/mol. The lowest BCUT2D eigenvalue weighted by Crippen LogP contribution is -2.24. The van der Waals surface area contributed by atoms with Crippen molar-refractivity contribution in [1.82, 2.24) is 14.8 Å². The second kappa shape index (κ2) is 6.94. The number of carbonyl (C=O) groups excluding carboxylic acids is 1. The van der Waals surface area contributed by atoms with E-state index in [1.54, 1.807) is 13.2 Å². The number of carboxylic acid groups (broad SMARTS) is 1. The van der Waals surface area contributed by atoms with Gasteiger partial charge in [0, 0.05) is 17.9 Å². The van der Waals surface area contributed by atoms with E-state index in [9.17, 15) is 9.90 Å². The van der Waals surface area contributed by atoms with Crippen LogP contribution in [0, 0.1) is 0 Å². The van der Waals surface area contributed by atoms with Crippen LogP contribution in [0.25, 0.3) is 11.4 Å². The largest absolute Gasteiger partial charge is 0.549 e. The van der Waals surface area contributed by atoms with Crippen molar-refractivity contribution in [3.63, 3.8) is 0 Å². The molecular formula is C14H14N3O3S-. The molecule has 0 atom stereocenters. The van der Waals surface area contributed by atoms with Gasteiger partial charge >= 0.3 is 0 Å². The summed E-state index contributed by atoms with van der Waals surface area (Å²) >= 11 is 1.07. The molecule has 0 aliphatic heterocycles. The number of methoxy groups -OCH3 is 1. The molecule has 1 heterocycles. The average Bonchev–Trinajstić information content (AvgIpc) is 2.88. The fourth-order valence-electron chi connectivity index (χ4n) is 1.77. The number of benzene rings is 1. The van der Waals surface area contributed by atoms with Crippen molar-refractivity contribution in [2.45, 2.75) is 11.7 Å². The summed E-state index contributed by atoms with van der Waals surface area (Å²) in [4.78, 5) is 10.6. The van der Waals surface area contributed by atoms with Crippen molar-refractivity contribution < 1.29 is 14.6 Å². The van der Waals surface area contributed by atoms with E-state index in [2.05, 4.69) is 16.8 Å². The molecule has 0 saturated heterocycles. The van der Waals surface area contributed by atoms with E-state index in [4.69, 9.17) is 4.74 Å². The first-order valence-electron chi connectivity index (χ1n) is 6.17. The smallest absolute Gasteiger partial charge is 0.192 e.